The molecule has 5 nitrogen and oxygen atoms in total. The molecular weight excluding hydrogens is 268 g/mol. The Hall–Kier alpha value is -1.59. The molecule has 0 bridgehead atoms. The van der Waals surface area contributed by atoms with Crippen LogP contribution in [0.3, 0.4) is 0 Å². The van der Waals surface area contributed by atoms with Crippen LogP contribution in [0.5, 0.6) is 0 Å². The molecule has 1 saturated carbocycles. The molecule has 0 saturated heterocycles. The molecule has 1 aromatic carbocycles. The van der Waals surface area contributed by atoms with Gasteiger partial charge in [0.05, 0.1) is 6.10 Å². The van der Waals surface area contributed by atoms with Crippen LogP contribution >= 0.6 is 0 Å². The van der Waals surface area contributed by atoms with Crippen LogP contribution in [0, 0.1) is 0 Å². The van der Waals surface area contributed by atoms with Crippen molar-refractivity contribution in [2.24, 2.45) is 5.73 Å². The Bertz CT molecular complexity index is 499. The highest BCUT2D eigenvalue weighted by Crippen LogP contribution is 2.43. The van der Waals surface area contributed by atoms with Crippen molar-refractivity contribution in [2.45, 2.75) is 50.7 Å². The molecule has 0 unspecified atom stereocenters. The van der Waals surface area contributed by atoms with Crippen molar-refractivity contribution < 1.29 is 14.6 Å². The first-order valence-corrected chi connectivity index (χ1v) is 7.23. The van der Waals surface area contributed by atoms with Crippen LogP contribution in [0.1, 0.15) is 39.2 Å². The summed E-state index contributed by atoms with van der Waals surface area (Å²) in [7, 11) is 0. The Kier molecular flexibility index (Phi) is 4.25. The van der Waals surface area contributed by atoms with Gasteiger partial charge in [-0.2, -0.15) is 0 Å². The van der Waals surface area contributed by atoms with E-state index in [2.05, 4.69) is 5.32 Å². The van der Waals surface area contributed by atoms with Gasteiger partial charge < -0.3 is 15.6 Å². The SMILES string of the molecule is CC(C)(C)OC(=O)Nc1ccc(C2(CN)CC(O)C2)cc1. The smallest absolute Gasteiger partial charge is 0.412 e. The third-order valence-electron chi connectivity index (χ3n) is 3.79. The summed E-state index contributed by atoms with van der Waals surface area (Å²) in [6, 6.07) is 7.57. The summed E-state index contributed by atoms with van der Waals surface area (Å²) in [6.45, 7) is 5.98. The molecule has 1 aromatic rings. The summed E-state index contributed by atoms with van der Waals surface area (Å²) >= 11 is 0. The highest BCUT2D eigenvalue weighted by molar-refractivity contribution is 5.84. The molecule has 4 N–H and O–H groups in total. The van der Waals surface area contributed by atoms with Gasteiger partial charge in [0.25, 0.3) is 0 Å². The normalized spacial score (nSPS) is 25.1. The van der Waals surface area contributed by atoms with E-state index in [1.165, 1.54) is 0 Å². The van der Waals surface area contributed by atoms with Crippen molar-refractivity contribution in [1.29, 1.82) is 0 Å². The van der Waals surface area contributed by atoms with Gasteiger partial charge in [-0.15, -0.1) is 0 Å². The Balaban J connectivity index is 2.01. The lowest BCUT2D eigenvalue weighted by atomic mass is 9.63. The third-order valence-corrected chi connectivity index (χ3v) is 3.79. The van der Waals surface area contributed by atoms with Crippen LogP contribution < -0.4 is 11.1 Å². The van der Waals surface area contributed by atoms with E-state index in [9.17, 15) is 9.90 Å². The van der Waals surface area contributed by atoms with Crippen molar-refractivity contribution >= 4 is 11.8 Å². The second-order valence-corrected chi connectivity index (χ2v) is 6.75. The Morgan fingerprint density at radius 3 is 2.38 bits per heavy atom. The van der Waals surface area contributed by atoms with E-state index in [0.29, 0.717) is 25.1 Å². The Morgan fingerprint density at radius 1 is 1.38 bits per heavy atom. The largest absolute Gasteiger partial charge is 0.444 e. The summed E-state index contributed by atoms with van der Waals surface area (Å²) in [5.41, 5.74) is 6.99. The lowest BCUT2D eigenvalue weighted by molar-refractivity contribution is 0.0222. The molecule has 2 rings (SSSR count). The predicted molar refractivity (Wildman–Crippen MR) is 82.3 cm³/mol. The second-order valence-electron chi connectivity index (χ2n) is 6.75. The van der Waals surface area contributed by atoms with E-state index in [4.69, 9.17) is 10.5 Å². The molecule has 0 atom stereocenters. The number of nitrogens with two attached hydrogens (primary N) is 1. The van der Waals surface area contributed by atoms with E-state index >= 15 is 0 Å². The van der Waals surface area contributed by atoms with Gasteiger partial charge in [0.15, 0.2) is 0 Å². The average molecular weight is 292 g/mol. The van der Waals surface area contributed by atoms with Crippen molar-refractivity contribution in [3.63, 3.8) is 0 Å². The molecule has 5 heteroatoms. The minimum absolute atomic E-state index is 0.121. The van der Waals surface area contributed by atoms with Crippen molar-refractivity contribution in [2.75, 3.05) is 11.9 Å². The standard InChI is InChI=1S/C16H24N2O3/c1-15(2,3)21-14(20)18-12-6-4-11(5-7-12)16(10-17)8-13(19)9-16/h4-7,13,19H,8-10,17H2,1-3H3,(H,18,20). The van der Waals surface area contributed by atoms with Crippen molar-refractivity contribution in [1.82, 2.24) is 0 Å². The molecule has 1 amide bonds. The molecule has 1 fully saturated rings. The molecule has 0 radical (unpaired) electrons. The van der Waals surface area contributed by atoms with Crippen molar-refractivity contribution in [3.8, 4) is 0 Å². The number of carbonyl (C=O) groups is 1. The van der Waals surface area contributed by atoms with Crippen LogP contribution in [0.15, 0.2) is 24.3 Å². The zero-order valence-corrected chi connectivity index (χ0v) is 12.8. The lowest BCUT2D eigenvalue weighted by Crippen LogP contribution is -2.49. The second kappa shape index (κ2) is 5.66. The molecule has 0 heterocycles. The Labute approximate surface area is 125 Å². The van der Waals surface area contributed by atoms with E-state index in [-0.39, 0.29) is 11.5 Å². The number of rotatable bonds is 3. The molecular formula is C16H24N2O3. The third kappa shape index (κ3) is 3.74. The molecule has 1 aliphatic rings. The highest BCUT2D eigenvalue weighted by Gasteiger charge is 2.43. The summed E-state index contributed by atoms with van der Waals surface area (Å²) in [4.78, 5) is 11.7. The quantitative estimate of drug-likeness (QED) is 0.798. The van der Waals surface area contributed by atoms with Crippen LogP contribution in [-0.2, 0) is 10.2 Å². The number of aliphatic hydroxyl groups is 1. The van der Waals surface area contributed by atoms with E-state index in [1.807, 2.05) is 45.0 Å². The number of hydrogen-bond donors (Lipinski definition) is 3. The van der Waals surface area contributed by atoms with Gasteiger partial charge in [0.2, 0.25) is 0 Å². The molecule has 0 aromatic heterocycles. The first kappa shape index (κ1) is 15.8. The molecule has 116 valence electrons. The number of ether oxygens (including phenoxy) is 1. The lowest BCUT2D eigenvalue weighted by Gasteiger charge is -2.45. The van der Waals surface area contributed by atoms with E-state index in [1.54, 1.807) is 0 Å². The maximum Gasteiger partial charge on any atom is 0.412 e. The van der Waals surface area contributed by atoms with Gasteiger partial charge in [-0.3, -0.25) is 5.32 Å². The van der Waals surface area contributed by atoms with Gasteiger partial charge in [0, 0.05) is 17.6 Å². The maximum absolute atomic E-state index is 11.7. The van der Waals surface area contributed by atoms with Gasteiger partial charge in [0.1, 0.15) is 5.60 Å². The summed E-state index contributed by atoms with van der Waals surface area (Å²) in [6.07, 6.45) is 0.668. The van der Waals surface area contributed by atoms with Crippen LogP contribution in [-0.4, -0.2) is 29.4 Å². The number of carbonyl (C=O) groups excluding carboxylic acids is 1. The topological polar surface area (TPSA) is 84.6 Å². The zero-order chi connectivity index (χ0) is 15.7. The van der Waals surface area contributed by atoms with E-state index < -0.39 is 11.7 Å². The van der Waals surface area contributed by atoms with E-state index in [0.717, 1.165) is 5.56 Å². The Morgan fingerprint density at radius 2 is 1.95 bits per heavy atom. The van der Waals surface area contributed by atoms with Crippen LogP contribution in [0.25, 0.3) is 0 Å². The summed E-state index contributed by atoms with van der Waals surface area (Å²) in [5, 5.41) is 12.2. The number of benzene rings is 1. The highest BCUT2D eigenvalue weighted by atomic mass is 16.6. The average Bonchev–Trinajstić information content (AvgIpc) is 2.33. The minimum Gasteiger partial charge on any atom is -0.444 e. The van der Waals surface area contributed by atoms with Crippen LogP contribution in [0.2, 0.25) is 0 Å². The first-order valence-electron chi connectivity index (χ1n) is 7.23. The van der Waals surface area contributed by atoms with Gasteiger partial charge >= 0.3 is 6.09 Å². The van der Waals surface area contributed by atoms with Crippen LogP contribution in [0.4, 0.5) is 10.5 Å². The zero-order valence-electron chi connectivity index (χ0n) is 12.8. The van der Waals surface area contributed by atoms with Gasteiger partial charge in [-0.1, -0.05) is 12.1 Å². The number of aliphatic hydroxyl groups excluding tert-OH is 1. The number of nitrogens with one attached hydrogen (secondary N) is 1. The van der Waals surface area contributed by atoms with Gasteiger partial charge in [-0.05, 0) is 51.3 Å². The van der Waals surface area contributed by atoms with Crippen molar-refractivity contribution in [3.05, 3.63) is 29.8 Å². The number of amides is 1. The fourth-order valence-corrected chi connectivity index (χ4v) is 2.69. The summed E-state index contributed by atoms with van der Waals surface area (Å²) < 4.78 is 5.20. The first-order chi connectivity index (χ1) is 9.74. The predicted octanol–water partition coefficient (Wildman–Crippen LogP) is 2.38. The molecule has 21 heavy (non-hydrogen) atoms. The molecule has 0 spiro atoms. The fourth-order valence-electron chi connectivity index (χ4n) is 2.69. The number of hydrogen-bond acceptors (Lipinski definition) is 4. The minimum atomic E-state index is -0.518. The molecule has 1 aliphatic carbocycles. The maximum atomic E-state index is 11.7. The number of anilines is 1. The summed E-state index contributed by atoms with van der Waals surface area (Å²) in [5.74, 6) is 0. The monoisotopic (exact) mass is 292 g/mol. The fraction of sp³-hybridized carbons (Fsp3) is 0.562. The molecule has 0 aliphatic heterocycles. The van der Waals surface area contributed by atoms with Gasteiger partial charge in [-0.25, -0.2) is 4.79 Å².